The van der Waals surface area contributed by atoms with E-state index in [4.69, 9.17) is 0 Å². The van der Waals surface area contributed by atoms with E-state index < -0.39 is 6.04 Å². The van der Waals surface area contributed by atoms with Gasteiger partial charge in [-0.25, -0.2) is 4.98 Å². The zero-order valence-electron chi connectivity index (χ0n) is 13.8. The van der Waals surface area contributed by atoms with Gasteiger partial charge < -0.3 is 0 Å². The minimum Gasteiger partial charge on any atom is -0.276 e. The van der Waals surface area contributed by atoms with Gasteiger partial charge in [-0.3, -0.25) is 23.9 Å². The third kappa shape index (κ3) is 2.61. The molecule has 0 radical (unpaired) electrons. The lowest BCUT2D eigenvalue weighted by Gasteiger charge is -2.26. The van der Waals surface area contributed by atoms with E-state index in [9.17, 15) is 14.4 Å². The number of carbonyl (C=O) groups excluding carboxylic acids is 3. The highest BCUT2D eigenvalue weighted by Crippen LogP contribution is 2.33. The Balaban J connectivity index is 1.73. The quantitative estimate of drug-likeness (QED) is 0.682. The summed E-state index contributed by atoms with van der Waals surface area (Å²) in [6.45, 7) is 0. The molecule has 1 atom stereocenters. The average Bonchev–Trinajstić information content (AvgIpc) is 3.30. The van der Waals surface area contributed by atoms with Crippen LogP contribution in [0.2, 0.25) is 0 Å². The fraction of sp³-hybridized carbons (Fsp3) is 0.100. The number of aromatic nitrogens is 2. The number of amides is 2. The molecule has 0 saturated heterocycles. The first-order chi connectivity index (χ1) is 12.7. The van der Waals surface area contributed by atoms with Crippen molar-refractivity contribution in [2.45, 2.75) is 12.5 Å². The number of rotatable bonds is 4. The van der Waals surface area contributed by atoms with Gasteiger partial charge in [-0.15, -0.1) is 0 Å². The molecule has 26 heavy (non-hydrogen) atoms. The fourth-order valence-corrected chi connectivity index (χ4v) is 3.20. The highest BCUT2D eigenvalue weighted by atomic mass is 16.2. The van der Waals surface area contributed by atoms with Crippen LogP contribution in [0, 0.1) is 0 Å². The molecule has 6 heteroatoms. The Morgan fingerprint density at radius 1 is 0.923 bits per heavy atom. The topological polar surface area (TPSA) is 72.3 Å². The molecule has 0 saturated carbocycles. The molecule has 128 valence electrons. The molecule has 0 fully saturated rings. The fourth-order valence-electron chi connectivity index (χ4n) is 3.20. The van der Waals surface area contributed by atoms with Gasteiger partial charge in [0.2, 0.25) is 5.91 Å². The second-order valence-electron chi connectivity index (χ2n) is 6.02. The predicted octanol–water partition coefficient (Wildman–Crippen LogP) is 2.95. The van der Waals surface area contributed by atoms with E-state index in [1.165, 1.54) is 22.0 Å². The molecule has 0 aliphatic carbocycles. The minimum atomic E-state index is -0.682. The van der Waals surface area contributed by atoms with Crippen molar-refractivity contribution in [3.8, 4) is 0 Å². The summed E-state index contributed by atoms with van der Waals surface area (Å²) >= 11 is 0. The molecule has 1 aliphatic rings. The number of benzene rings is 2. The Labute approximate surface area is 149 Å². The van der Waals surface area contributed by atoms with Crippen molar-refractivity contribution >= 4 is 17.7 Å². The number of hydrogen-bond donors (Lipinski definition) is 0. The molecule has 6 nitrogen and oxygen atoms in total. The number of hydrogen-bond acceptors (Lipinski definition) is 4. The van der Waals surface area contributed by atoms with Gasteiger partial charge in [0.05, 0.1) is 23.6 Å². The Morgan fingerprint density at radius 2 is 1.54 bits per heavy atom. The maximum Gasteiger partial charge on any atom is 0.262 e. The van der Waals surface area contributed by atoms with Crippen LogP contribution in [0.3, 0.4) is 0 Å². The van der Waals surface area contributed by atoms with Gasteiger partial charge in [-0.05, 0) is 17.7 Å². The maximum atomic E-state index is 12.9. The first-order valence-electron chi connectivity index (χ1n) is 8.20. The smallest absolute Gasteiger partial charge is 0.262 e. The van der Waals surface area contributed by atoms with Crippen LogP contribution in [0.25, 0.3) is 0 Å². The van der Waals surface area contributed by atoms with Gasteiger partial charge in [-0.2, -0.15) is 0 Å². The average molecular weight is 345 g/mol. The first-order valence-corrected chi connectivity index (χ1v) is 8.20. The highest BCUT2D eigenvalue weighted by Gasteiger charge is 2.41. The van der Waals surface area contributed by atoms with Crippen LogP contribution >= 0.6 is 0 Å². The normalized spacial score (nSPS) is 14.4. The summed E-state index contributed by atoms with van der Waals surface area (Å²) in [5.74, 6) is -0.997. The standard InChI is InChI=1S/C20H15N3O3/c24-18(22-11-10-21-13-22)12-17(14-6-2-1-3-7-14)23-19(25)15-8-4-5-9-16(15)20(23)26/h1-11,13,17H,12H2. The zero-order chi connectivity index (χ0) is 18.1. The number of imide groups is 1. The van der Waals surface area contributed by atoms with E-state index in [-0.39, 0.29) is 24.1 Å². The molecule has 2 amide bonds. The van der Waals surface area contributed by atoms with Crippen LogP contribution in [0.15, 0.2) is 73.3 Å². The van der Waals surface area contributed by atoms with E-state index in [0.29, 0.717) is 11.1 Å². The number of nitrogens with zero attached hydrogens (tertiary/aromatic N) is 3. The van der Waals surface area contributed by atoms with Crippen molar-refractivity contribution in [1.82, 2.24) is 14.5 Å². The lowest BCUT2D eigenvalue weighted by molar-refractivity contribution is 0.0561. The van der Waals surface area contributed by atoms with Crippen molar-refractivity contribution in [3.05, 3.63) is 90.0 Å². The van der Waals surface area contributed by atoms with Gasteiger partial charge in [0, 0.05) is 12.4 Å². The van der Waals surface area contributed by atoms with E-state index in [2.05, 4.69) is 4.98 Å². The maximum absolute atomic E-state index is 12.9. The number of fused-ring (bicyclic) bond motifs is 1. The van der Waals surface area contributed by atoms with Gasteiger partial charge in [-0.1, -0.05) is 42.5 Å². The molecule has 2 aromatic carbocycles. The molecule has 1 unspecified atom stereocenters. The summed E-state index contributed by atoms with van der Waals surface area (Å²) in [5.41, 5.74) is 1.47. The lowest BCUT2D eigenvalue weighted by atomic mass is 10.0. The van der Waals surface area contributed by atoms with Crippen LogP contribution in [0.5, 0.6) is 0 Å². The second-order valence-corrected chi connectivity index (χ2v) is 6.02. The van der Waals surface area contributed by atoms with Crippen molar-refractivity contribution in [1.29, 1.82) is 0 Å². The molecule has 0 spiro atoms. The Kier molecular flexibility index (Phi) is 3.93. The Morgan fingerprint density at radius 3 is 2.12 bits per heavy atom. The highest BCUT2D eigenvalue weighted by molar-refractivity contribution is 6.21. The van der Waals surface area contributed by atoms with Gasteiger partial charge in [0.1, 0.15) is 6.33 Å². The number of imidazole rings is 1. The molecular weight excluding hydrogens is 330 g/mol. The predicted molar refractivity (Wildman–Crippen MR) is 93.6 cm³/mol. The largest absolute Gasteiger partial charge is 0.276 e. The van der Waals surface area contributed by atoms with Crippen LogP contribution in [0.1, 0.15) is 43.5 Å². The van der Waals surface area contributed by atoms with Crippen molar-refractivity contribution in [2.75, 3.05) is 0 Å². The minimum absolute atomic E-state index is 0.0220. The molecule has 1 aromatic heterocycles. The molecule has 4 rings (SSSR count). The van der Waals surface area contributed by atoms with E-state index >= 15 is 0 Å². The third-order valence-corrected chi connectivity index (χ3v) is 4.48. The summed E-state index contributed by atoms with van der Waals surface area (Å²) in [7, 11) is 0. The SMILES string of the molecule is O=C1c2ccccc2C(=O)N1C(CC(=O)n1ccnc1)c1ccccc1. The van der Waals surface area contributed by atoms with Crippen LogP contribution in [-0.2, 0) is 0 Å². The molecule has 3 aromatic rings. The van der Waals surface area contributed by atoms with Crippen molar-refractivity contribution in [2.24, 2.45) is 0 Å². The Bertz CT molecular complexity index is 946. The molecule has 0 bridgehead atoms. The van der Waals surface area contributed by atoms with Gasteiger partial charge >= 0.3 is 0 Å². The zero-order valence-corrected chi connectivity index (χ0v) is 13.8. The molecular formula is C20H15N3O3. The monoisotopic (exact) mass is 345 g/mol. The van der Waals surface area contributed by atoms with Crippen LogP contribution < -0.4 is 0 Å². The van der Waals surface area contributed by atoms with Crippen LogP contribution in [0.4, 0.5) is 0 Å². The third-order valence-electron chi connectivity index (χ3n) is 4.48. The lowest BCUT2D eigenvalue weighted by Crippen LogP contribution is -2.36. The van der Waals surface area contributed by atoms with Gasteiger partial charge in [0.25, 0.3) is 11.8 Å². The van der Waals surface area contributed by atoms with E-state index in [0.717, 1.165) is 5.56 Å². The van der Waals surface area contributed by atoms with Crippen molar-refractivity contribution in [3.63, 3.8) is 0 Å². The van der Waals surface area contributed by atoms with Crippen LogP contribution in [-0.4, -0.2) is 32.2 Å². The summed E-state index contributed by atoms with van der Waals surface area (Å²) < 4.78 is 1.36. The summed E-state index contributed by atoms with van der Waals surface area (Å²) in [6.07, 6.45) is 4.45. The molecule has 1 aliphatic heterocycles. The summed E-state index contributed by atoms with van der Waals surface area (Å²) in [4.78, 5) is 43.4. The first kappa shape index (κ1) is 16.0. The second kappa shape index (κ2) is 6.40. The van der Waals surface area contributed by atoms with E-state index in [1.807, 2.05) is 30.3 Å². The summed E-state index contributed by atoms with van der Waals surface area (Å²) in [6, 6.07) is 15.2. The Hall–Kier alpha value is -3.54. The molecule has 0 N–H and O–H groups in total. The van der Waals surface area contributed by atoms with Crippen molar-refractivity contribution < 1.29 is 14.4 Å². The number of carbonyl (C=O) groups is 3. The molecule has 2 heterocycles. The van der Waals surface area contributed by atoms with Gasteiger partial charge in [0.15, 0.2) is 0 Å². The summed E-state index contributed by atoms with van der Waals surface area (Å²) in [5, 5.41) is 0. The van der Waals surface area contributed by atoms with E-state index in [1.54, 1.807) is 30.5 Å².